The van der Waals surface area contributed by atoms with Crippen LogP contribution in [0.25, 0.3) is 0 Å². The lowest BCUT2D eigenvalue weighted by Gasteiger charge is -2.01. The number of hydrogen-bond acceptors (Lipinski definition) is 2. The van der Waals surface area contributed by atoms with Crippen LogP contribution in [-0.2, 0) is 9.36 Å². The number of aliphatic carboxylic acids is 1. The van der Waals surface area contributed by atoms with E-state index < -0.39 is 13.6 Å². The average molecular weight is 449 g/mol. The minimum Gasteiger partial charge on any atom is -0.481 e. The molecular weight excluding hydrogens is 399 g/mol. The molecule has 0 aliphatic carbocycles. The highest BCUT2D eigenvalue weighted by molar-refractivity contribution is 7.51. The first-order chi connectivity index (χ1) is 14.3. The van der Waals surface area contributed by atoms with E-state index in [2.05, 4.69) is 26.0 Å². The third-order valence-electron chi connectivity index (χ3n) is 4.96. The molecule has 0 radical (unpaired) electrons. The minimum atomic E-state index is -3.71. The van der Waals surface area contributed by atoms with Gasteiger partial charge in [-0.25, -0.2) is 0 Å². The first-order valence-electron chi connectivity index (χ1n) is 12.2. The Morgan fingerprint density at radius 2 is 1.07 bits per heavy atom. The zero-order valence-corrected chi connectivity index (χ0v) is 20.6. The molecule has 0 fully saturated rings. The summed E-state index contributed by atoms with van der Waals surface area (Å²) < 4.78 is 10.3. The van der Waals surface area contributed by atoms with Gasteiger partial charge in [0.05, 0.1) is 0 Å². The second-order valence-electron chi connectivity index (χ2n) is 8.18. The van der Waals surface area contributed by atoms with Crippen molar-refractivity contribution in [2.45, 2.75) is 129 Å². The van der Waals surface area contributed by atoms with Crippen molar-refractivity contribution >= 4 is 13.6 Å². The number of unbranched alkanes of at least 4 members (excludes halogenated alkanes) is 14. The van der Waals surface area contributed by atoms with E-state index in [-0.39, 0.29) is 6.16 Å². The molecule has 0 amide bonds. The molecule has 5 nitrogen and oxygen atoms in total. The molecule has 0 unspecified atom stereocenters. The molecule has 6 heteroatoms. The molecule has 0 aromatic heterocycles. The summed E-state index contributed by atoms with van der Waals surface area (Å²) in [5.41, 5.74) is 0. The van der Waals surface area contributed by atoms with Gasteiger partial charge >= 0.3 is 13.6 Å². The van der Waals surface area contributed by atoms with Crippen molar-refractivity contribution in [3.63, 3.8) is 0 Å². The maximum Gasteiger partial charge on any atom is 0.325 e. The molecule has 0 aliphatic heterocycles. The highest BCUT2D eigenvalue weighted by Crippen LogP contribution is 2.35. The van der Waals surface area contributed by atoms with Gasteiger partial charge in [0, 0.05) is 12.6 Å². The van der Waals surface area contributed by atoms with Gasteiger partial charge in [0.2, 0.25) is 0 Å². The minimum absolute atomic E-state index is 0.0486. The molecule has 0 aliphatic rings. The summed E-state index contributed by atoms with van der Waals surface area (Å²) in [7, 11) is -3.71. The molecule has 0 aromatic carbocycles. The SMILES string of the molecule is CCCCCCCC/C=C\CCCCCCCC(=O)O.CCCCCCP(=O)(O)O. The summed E-state index contributed by atoms with van der Waals surface area (Å²) in [6, 6.07) is 0. The van der Waals surface area contributed by atoms with Gasteiger partial charge in [-0.2, -0.15) is 0 Å². The molecule has 0 atom stereocenters. The Morgan fingerprint density at radius 3 is 1.50 bits per heavy atom. The summed E-state index contributed by atoms with van der Waals surface area (Å²) in [5, 5.41) is 8.51. The first-order valence-corrected chi connectivity index (χ1v) is 14.0. The second-order valence-corrected chi connectivity index (χ2v) is 9.95. The Balaban J connectivity index is 0. The molecule has 0 aromatic rings. The molecule has 0 saturated carbocycles. The van der Waals surface area contributed by atoms with Gasteiger partial charge in [0.25, 0.3) is 0 Å². The molecule has 0 saturated heterocycles. The van der Waals surface area contributed by atoms with Crippen molar-refractivity contribution in [3.8, 4) is 0 Å². The van der Waals surface area contributed by atoms with E-state index in [0.717, 1.165) is 32.1 Å². The van der Waals surface area contributed by atoms with Gasteiger partial charge < -0.3 is 14.9 Å². The summed E-state index contributed by atoms with van der Waals surface area (Å²) in [5.74, 6) is -0.664. The van der Waals surface area contributed by atoms with Crippen molar-refractivity contribution in [2.24, 2.45) is 0 Å². The number of hydrogen-bond donors (Lipinski definition) is 3. The maximum absolute atomic E-state index is 10.3. The van der Waals surface area contributed by atoms with E-state index in [9.17, 15) is 9.36 Å². The summed E-state index contributed by atoms with van der Waals surface area (Å²) >= 11 is 0. The molecular formula is C24H49O5P. The van der Waals surface area contributed by atoms with E-state index in [1.807, 2.05) is 0 Å². The predicted octanol–water partition coefficient (Wildman–Crippen LogP) is 7.85. The Bertz CT molecular complexity index is 431. The molecule has 3 N–H and O–H groups in total. The maximum atomic E-state index is 10.3. The summed E-state index contributed by atoms with van der Waals surface area (Å²) in [6.07, 6.45) is 25.0. The van der Waals surface area contributed by atoms with Crippen LogP contribution in [0.4, 0.5) is 0 Å². The Kier molecular flexibility index (Phi) is 25.9. The quantitative estimate of drug-likeness (QED) is 0.100. The smallest absolute Gasteiger partial charge is 0.325 e. The normalized spacial score (nSPS) is 11.5. The van der Waals surface area contributed by atoms with E-state index in [4.69, 9.17) is 14.9 Å². The van der Waals surface area contributed by atoms with Crippen LogP contribution in [0.15, 0.2) is 12.2 Å². The zero-order valence-electron chi connectivity index (χ0n) is 19.7. The number of rotatable bonds is 20. The van der Waals surface area contributed by atoms with Crippen molar-refractivity contribution in [2.75, 3.05) is 6.16 Å². The van der Waals surface area contributed by atoms with Crippen LogP contribution in [-0.4, -0.2) is 27.0 Å². The standard InChI is InChI=1S/C18H34O2.C6H15O3P/c1-2-3-4-5-6-7-8-9-10-11-12-13-14-15-16-17-18(19)20;1-2-3-4-5-6-10(7,8)9/h9-10H,2-8,11-17H2,1H3,(H,19,20);2-6H2,1H3,(H2,7,8,9)/b10-9-;. The van der Waals surface area contributed by atoms with Crippen LogP contribution in [0.2, 0.25) is 0 Å². The van der Waals surface area contributed by atoms with E-state index in [0.29, 0.717) is 12.8 Å². The van der Waals surface area contributed by atoms with Crippen molar-refractivity contribution in [1.29, 1.82) is 0 Å². The number of allylic oxidation sites excluding steroid dienone is 2. The van der Waals surface area contributed by atoms with Crippen molar-refractivity contribution in [3.05, 3.63) is 12.2 Å². The zero-order chi connectivity index (χ0) is 22.9. The predicted molar refractivity (Wildman–Crippen MR) is 128 cm³/mol. The van der Waals surface area contributed by atoms with Crippen LogP contribution < -0.4 is 0 Å². The number of carboxylic acids is 1. The number of carbonyl (C=O) groups is 1. The van der Waals surface area contributed by atoms with Crippen LogP contribution in [0.3, 0.4) is 0 Å². The highest BCUT2D eigenvalue weighted by atomic mass is 31.2. The Morgan fingerprint density at radius 1 is 0.667 bits per heavy atom. The van der Waals surface area contributed by atoms with E-state index >= 15 is 0 Å². The largest absolute Gasteiger partial charge is 0.481 e. The summed E-state index contributed by atoms with van der Waals surface area (Å²) in [4.78, 5) is 27.2. The van der Waals surface area contributed by atoms with Crippen LogP contribution in [0.1, 0.15) is 129 Å². The average Bonchev–Trinajstić information content (AvgIpc) is 2.68. The Hall–Kier alpha value is -0.640. The van der Waals surface area contributed by atoms with Gasteiger partial charge in [-0.15, -0.1) is 0 Å². The van der Waals surface area contributed by atoms with Gasteiger partial charge in [-0.05, 0) is 38.5 Å². The molecule has 0 bridgehead atoms. The molecule has 30 heavy (non-hydrogen) atoms. The lowest BCUT2D eigenvalue weighted by Crippen LogP contribution is -1.93. The van der Waals surface area contributed by atoms with Crippen LogP contribution in [0, 0.1) is 0 Å². The highest BCUT2D eigenvalue weighted by Gasteiger charge is 2.10. The molecule has 0 spiro atoms. The van der Waals surface area contributed by atoms with Gasteiger partial charge in [-0.3, -0.25) is 9.36 Å². The van der Waals surface area contributed by atoms with Crippen LogP contribution in [0.5, 0.6) is 0 Å². The van der Waals surface area contributed by atoms with Gasteiger partial charge in [0.15, 0.2) is 0 Å². The number of carboxylic acid groups (broad SMARTS) is 1. The third-order valence-corrected chi connectivity index (χ3v) is 5.85. The topological polar surface area (TPSA) is 94.8 Å². The molecule has 0 rings (SSSR count). The second kappa shape index (κ2) is 24.6. The molecule has 180 valence electrons. The molecule has 0 heterocycles. The monoisotopic (exact) mass is 448 g/mol. The summed E-state index contributed by atoms with van der Waals surface area (Å²) in [6.45, 7) is 4.33. The fourth-order valence-corrected chi connectivity index (χ4v) is 3.73. The van der Waals surface area contributed by atoms with E-state index in [1.54, 1.807) is 0 Å². The third kappa shape index (κ3) is 34.8. The van der Waals surface area contributed by atoms with Gasteiger partial charge in [0.1, 0.15) is 0 Å². The van der Waals surface area contributed by atoms with Crippen molar-refractivity contribution in [1.82, 2.24) is 0 Å². The Labute approximate surface area is 185 Å². The fraction of sp³-hybridized carbons (Fsp3) is 0.875. The lowest BCUT2D eigenvalue weighted by atomic mass is 10.1. The lowest BCUT2D eigenvalue weighted by molar-refractivity contribution is -0.137. The van der Waals surface area contributed by atoms with Gasteiger partial charge in [-0.1, -0.05) is 96.6 Å². The van der Waals surface area contributed by atoms with E-state index in [1.165, 1.54) is 70.6 Å². The first kappa shape index (κ1) is 31.5. The van der Waals surface area contributed by atoms with Crippen LogP contribution >= 0.6 is 7.60 Å². The fourth-order valence-electron chi connectivity index (χ4n) is 3.09. The van der Waals surface area contributed by atoms with Crippen molar-refractivity contribution < 1.29 is 24.3 Å².